The Morgan fingerprint density at radius 3 is 2.46 bits per heavy atom. The number of amides is 1. The fraction of sp³-hybridized carbons (Fsp3) is 0.450. The Bertz CT molecular complexity index is 1240. The molecule has 0 radical (unpaired) electrons. The normalized spacial score (nSPS) is 12.0. The molecule has 0 saturated carbocycles. The number of nitrogens with one attached hydrogen (secondary N) is 1. The summed E-state index contributed by atoms with van der Waals surface area (Å²) in [6.07, 6.45) is 1.35. The highest BCUT2D eigenvalue weighted by atomic mass is 32.2. The summed E-state index contributed by atoms with van der Waals surface area (Å²) >= 11 is 0. The molecule has 0 aliphatic heterocycles. The van der Waals surface area contributed by atoms with Crippen molar-refractivity contribution in [2.45, 2.75) is 45.3 Å². The van der Waals surface area contributed by atoms with Crippen molar-refractivity contribution >= 4 is 15.7 Å². The molecule has 0 aliphatic carbocycles. The van der Waals surface area contributed by atoms with Gasteiger partial charge in [-0.2, -0.15) is 0 Å². The van der Waals surface area contributed by atoms with E-state index in [9.17, 15) is 26.4 Å². The number of hydrogen-bond acceptors (Lipinski definition) is 8. The summed E-state index contributed by atoms with van der Waals surface area (Å²) in [5.41, 5.74) is 1.13. The molecule has 1 N–H and O–H groups in total. The van der Waals surface area contributed by atoms with E-state index >= 15 is 0 Å². The van der Waals surface area contributed by atoms with Crippen LogP contribution >= 0.6 is 0 Å². The van der Waals surface area contributed by atoms with Crippen LogP contribution in [0.1, 0.15) is 34.6 Å². The molecule has 1 amide bonds. The summed E-state index contributed by atoms with van der Waals surface area (Å²) in [6.45, 7) is 1.09. The number of hydrogen-bond donors (Lipinski definition) is 1. The highest BCUT2D eigenvalue weighted by Gasteiger charge is 2.31. The minimum absolute atomic E-state index is 0.00910. The van der Waals surface area contributed by atoms with Gasteiger partial charge in [0.1, 0.15) is 15.6 Å². The Labute approximate surface area is 199 Å². The van der Waals surface area contributed by atoms with E-state index in [-0.39, 0.29) is 23.7 Å². The van der Waals surface area contributed by atoms with Crippen molar-refractivity contribution in [1.82, 2.24) is 35.3 Å². The monoisotopic (exact) mass is 515 g/mol. The first-order chi connectivity index (χ1) is 16.5. The van der Waals surface area contributed by atoms with Crippen LogP contribution < -0.4 is 10.1 Å². The number of nitrogens with zero attached hydrogens (tertiary/aromatic N) is 6. The first-order valence-corrected chi connectivity index (χ1v) is 12.6. The maximum Gasteiger partial charge on any atom is 0.573 e. The van der Waals surface area contributed by atoms with Crippen LogP contribution in [0.15, 0.2) is 36.7 Å². The van der Waals surface area contributed by atoms with Crippen LogP contribution in [0.3, 0.4) is 0 Å². The second kappa shape index (κ2) is 11.3. The number of rotatable bonds is 12. The first-order valence-electron chi connectivity index (χ1n) is 10.6. The van der Waals surface area contributed by atoms with Crippen molar-refractivity contribution in [3.05, 3.63) is 53.6 Å². The molecule has 2 aromatic heterocycles. The number of carbonyl (C=O) groups is 1. The summed E-state index contributed by atoms with van der Waals surface area (Å²) in [6, 6.07) is 5.32. The molecule has 0 bridgehead atoms. The van der Waals surface area contributed by atoms with E-state index in [1.165, 1.54) is 35.3 Å². The van der Waals surface area contributed by atoms with Gasteiger partial charge in [-0.15, -0.1) is 23.4 Å². The molecule has 11 nitrogen and oxygen atoms in total. The van der Waals surface area contributed by atoms with Gasteiger partial charge in [0, 0.05) is 38.5 Å². The van der Waals surface area contributed by atoms with Crippen LogP contribution in [0.2, 0.25) is 0 Å². The van der Waals surface area contributed by atoms with Crippen molar-refractivity contribution in [2.75, 3.05) is 12.0 Å². The smallest absolute Gasteiger partial charge is 0.406 e. The molecule has 1 aromatic carbocycles. The predicted octanol–water partition coefficient (Wildman–Crippen LogP) is 1.77. The molecule has 0 atom stereocenters. The first kappa shape index (κ1) is 26.1. The molecule has 190 valence electrons. The number of halogens is 3. The average Bonchev–Trinajstić information content (AvgIpc) is 3.42. The Balaban J connectivity index is 1.40. The second-order valence-corrected chi connectivity index (χ2v) is 10.1. The van der Waals surface area contributed by atoms with Gasteiger partial charge in [-0.3, -0.25) is 14.2 Å². The molecular formula is C20H24F3N7O4S. The minimum atomic E-state index is -4.79. The average molecular weight is 516 g/mol. The Morgan fingerprint density at radius 2 is 1.77 bits per heavy atom. The summed E-state index contributed by atoms with van der Waals surface area (Å²) in [5, 5.41) is 18.3. The van der Waals surface area contributed by atoms with Gasteiger partial charge in [-0.05, 0) is 30.5 Å². The molecule has 3 rings (SSSR count). The molecular weight excluding hydrogens is 491 g/mol. The van der Waals surface area contributed by atoms with Crippen LogP contribution in [-0.2, 0) is 35.9 Å². The lowest BCUT2D eigenvalue weighted by atomic mass is 10.2. The molecule has 0 aliphatic rings. The van der Waals surface area contributed by atoms with E-state index < -0.39 is 22.1 Å². The van der Waals surface area contributed by atoms with Gasteiger partial charge in [0.2, 0.25) is 0 Å². The summed E-state index contributed by atoms with van der Waals surface area (Å²) in [4.78, 5) is 12.3. The van der Waals surface area contributed by atoms with Gasteiger partial charge in [-0.1, -0.05) is 22.6 Å². The molecule has 35 heavy (non-hydrogen) atoms. The van der Waals surface area contributed by atoms with Crippen LogP contribution in [0.25, 0.3) is 0 Å². The zero-order chi connectivity index (χ0) is 25.5. The number of unbranched alkanes of at least 4 members (excludes halogenated alkanes) is 1. The topological polar surface area (TPSA) is 134 Å². The number of alkyl halides is 3. The molecule has 3 aromatic rings. The van der Waals surface area contributed by atoms with Crippen molar-refractivity contribution in [1.29, 1.82) is 0 Å². The highest BCUT2D eigenvalue weighted by molar-refractivity contribution is 7.90. The largest absolute Gasteiger partial charge is 0.573 e. The van der Waals surface area contributed by atoms with Gasteiger partial charge in [0.15, 0.2) is 5.69 Å². The van der Waals surface area contributed by atoms with E-state index in [2.05, 4.69) is 30.7 Å². The number of aryl methyl sites for hydroxylation is 3. The van der Waals surface area contributed by atoms with Gasteiger partial charge < -0.3 is 10.1 Å². The SMILES string of the molecule is CS(=O)(=O)CCc1cn(CCCCn2cc(C(=O)NCc3cccc(OC(F)(F)F)c3)nn2)nn1. The second-order valence-electron chi connectivity index (χ2n) is 7.80. The Morgan fingerprint density at radius 1 is 1.09 bits per heavy atom. The molecule has 15 heteroatoms. The third-order valence-electron chi connectivity index (χ3n) is 4.70. The third kappa shape index (κ3) is 9.35. The quantitative estimate of drug-likeness (QED) is 0.361. The predicted molar refractivity (Wildman–Crippen MR) is 117 cm³/mol. The minimum Gasteiger partial charge on any atom is -0.406 e. The fourth-order valence-corrected chi connectivity index (χ4v) is 3.62. The molecule has 0 spiro atoms. The van der Waals surface area contributed by atoms with Crippen molar-refractivity contribution < 1.29 is 31.1 Å². The molecule has 0 saturated heterocycles. The zero-order valence-corrected chi connectivity index (χ0v) is 19.6. The van der Waals surface area contributed by atoms with Gasteiger partial charge in [-0.25, -0.2) is 8.42 Å². The van der Waals surface area contributed by atoms with E-state index in [1.807, 2.05) is 0 Å². The standard InChI is InChI=1S/C20H24F3N7O4S/c1-35(32,33)10-7-16-13-29(27-25-16)8-2-3-9-30-14-18(26-28-30)19(31)24-12-15-5-4-6-17(11-15)34-20(21,22)23/h4-6,11,13-14H,2-3,7-10,12H2,1H3,(H,24,31). The lowest BCUT2D eigenvalue weighted by Crippen LogP contribution is -2.23. The lowest BCUT2D eigenvalue weighted by Gasteiger charge is -2.10. The molecule has 0 fully saturated rings. The van der Waals surface area contributed by atoms with Crippen molar-refractivity contribution in [3.63, 3.8) is 0 Å². The maximum absolute atomic E-state index is 12.3. The van der Waals surface area contributed by atoms with Crippen molar-refractivity contribution in [2.24, 2.45) is 0 Å². The van der Waals surface area contributed by atoms with Gasteiger partial charge in [0.25, 0.3) is 5.91 Å². The number of ether oxygens (including phenoxy) is 1. The van der Waals surface area contributed by atoms with E-state index in [1.54, 1.807) is 16.9 Å². The number of carbonyl (C=O) groups excluding carboxylic acids is 1. The number of benzene rings is 1. The van der Waals surface area contributed by atoms with Crippen LogP contribution in [0.5, 0.6) is 5.75 Å². The van der Waals surface area contributed by atoms with Crippen molar-refractivity contribution in [3.8, 4) is 5.75 Å². The van der Waals surface area contributed by atoms with E-state index in [0.29, 0.717) is 30.8 Å². The molecule has 0 unspecified atom stereocenters. The van der Waals surface area contributed by atoms with E-state index in [0.717, 1.165) is 12.8 Å². The van der Waals surface area contributed by atoms with Gasteiger partial charge >= 0.3 is 6.36 Å². The lowest BCUT2D eigenvalue weighted by molar-refractivity contribution is -0.274. The zero-order valence-electron chi connectivity index (χ0n) is 18.8. The Kier molecular flexibility index (Phi) is 8.43. The highest BCUT2D eigenvalue weighted by Crippen LogP contribution is 2.23. The maximum atomic E-state index is 12.3. The van der Waals surface area contributed by atoms with E-state index in [4.69, 9.17) is 0 Å². The third-order valence-corrected chi connectivity index (χ3v) is 5.64. The summed E-state index contributed by atoms with van der Waals surface area (Å²) in [5.74, 6) is -0.860. The number of sulfone groups is 1. The fourth-order valence-electron chi connectivity index (χ4n) is 3.04. The molecule has 2 heterocycles. The number of aromatic nitrogens is 6. The Hall–Kier alpha value is -3.49. The van der Waals surface area contributed by atoms with Crippen LogP contribution in [0.4, 0.5) is 13.2 Å². The van der Waals surface area contributed by atoms with Crippen LogP contribution in [0, 0.1) is 0 Å². The summed E-state index contributed by atoms with van der Waals surface area (Å²) < 4.78 is 66.5. The summed E-state index contributed by atoms with van der Waals surface area (Å²) in [7, 11) is -3.06. The van der Waals surface area contributed by atoms with Gasteiger partial charge in [0.05, 0.1) is 17.6 Å². The van der Waals surface area contributed by atoms with Crippen LogP contribution in [-0.4, -0.2) is 62.7 Å².